The van der Waals surface area contributed by atoms with Gasteiger partial charge in [-0.25, -0.2) is 0 Å². The number of carbonyl (C=O) groups is 3. The van der Waals surface area contributed by atoms with Crippen LogP contribution in [-0.4, -0.2) is 81.4 Å². The molecule has 3 heterocycles. The third-order valence-electron chi connectivity index (χ3n) is 9.12. The van der Waals surface area contributed by atoms with E-state index in [-0.39, 0.29) is 47.5 Å². The van der Waals surface area contributed by atoms with Crippen LogP contribution in [0.1, 0.15) is 32.6 Å². The fraction of sp³-hybridized carbons (Fsp3) is 0.457. The number of amides is 3. The van der Waals surface area contributed by atoms with Crippen LogP contribution in [0.5, 0.6) is 5.75 Å². The number of aliphatic hydroxyl groups excluding tert-OH is 1. The summed E-state index contributed by atoms with van der Waals surface area (Å²) in [7, 11) is 0. The Morgan fingerprint density at radius 2 is 1.65 bits per heavy atom. The number of thioether (sulfide) groups is 1. The van der Waals surface area contributed by atoms with Crippen LogP contribution in [-0.2, 0) is 14.4 Å². The van der Waals surface area contributed by atoms with E-state index in [0.717, 1.165) is 6.42 Å². The number of halogens is 2. The van der Waals surface area contributed by atoms with Crippen molar-refractivity contribution in [2.45, 2.75) is 53.5 Å². The van der Waals surface area contributed by atoms with Gasteiger partial charge in [0, 0.05) is 52.7 Å². The van der Waals surface area contributed by atoms with E-state index in [1.54, 1.807) is 62.9 Å². The molecule has 3 unspecified atom stereocenters. The average molecular weight is 731 g/mol. The Bertz CT molecular complexity index is 1440. The molecule has 8 nitrogen and oxygen atoms in total. The van der Waals surface area contributed by atoms with Crippen molar-refractivity contribution in [1.82, 2.24) is 4.90 Å². The molecule has 6 atom stereocenters. The molecule has 1 spiro atoms. The van der Waals surface area contributed by atoms with Crippen molar-refractivity contribution in [3.05, 3.63) is 78.9 Å². The minimum absolute atomic E-state index is 0.0607. The second-order valence-corrected chi connectivity index (χ2v) is 15.0. The van der Waals surface area contributed by atoms with Crippen LogP contribution in [0, 0.1) is 11.8 Å². The number of anilines is 2. The molecular weight excluding hydrogens is 690 g/mol. The van der Waals surface area contributed by atoms with Crippen molar-refractivity contribution < 1.29 is 24.2 Å². The van der Waals surface area contributed by atoms with Gasteiger partial charge in [-0.15, -0.1) is 24.9 Å². The van der Waals surface area contributed by atoms with Gasteiger partial charge in [-0.05, 0) is 81.1 Å². The number of carbonyl (C=O) groups excluding carboxylic acids is 3. The third kappa shape index (κ3) is 6.38. The quantitative estimate of drug-likeness (QED) is 0.135. The van der Waals surface area contributed by atoms with Gasteiger partial charge in [0.25, 0.3) is 5.91 Å². The molecule has 2 aromatic rings. The molecule has 2 bridgehead atoms. The average Bonchev–Trinajstić information content (AvgIpc) is 3.64. The maximum absolute atomic E-state index is 14.8. The lowest BCUT2D eigenvalue weighted by Crippen LogP contribution is -2.56. The van der Waals surface area contributed by atoms with Crippen LogP contribution in [0.3, 0.4) is 0 Å². The largest absolute Gasteiger partial charge is 0.494 e. The van der Waals surface area contributed by atoms with Gasteiger partial charge in [-0.2, -0.15) is 0 Å². The molecule has 3 aliphatic heterocycles. The third-order valence-corrected chi connectivity index (χ3v) is 12.6. The van der Waals surface area contributed by atoms with Crippen LogP contribution in [0.15, 0.2) is 73.8 Å². The lowest BCUT2D eigenvalue weighted by atomic mass is 9.70. The minimum Gasteiger partial charge on any atom is -0.494 e. The van der Waals surface area contributed by atoms with Gasteiger partial charge < -0.3 is 24.5 Å². The van der Waals surface area contributed by atoms with E-state index in [4.69, 9.17) is 16.3 Å². The molecule has 0 aromatic heterocycles. The second-order valence-electron chi connectivity index (χ2n) is 11.9. The number of hydrogen-bond acceptors (Lipinski definition) is 6. The molecular formula is C35H41BrClN3O5S. The van der Waals surface area contributed by atoms with Gasteiger partial charge in [-0.1, -0.05) is 39.7 Å². The SMILES string of the molecule is C=CCN(C(=O)C1N(CCCCCO)C(=O)[C@@H]2[C@@H](C(=O)N(CC=C)c3ccc(OCC)cc3)[C@@H]3SC12CC3Br)c1ccc(Cl)cc1. The van der Waals surface area contributed by atoms with Crippen LogP contribution in [0.4, 0.5) is 11.4 Å². The van der Waals surface area contributed by atoms with E-state index < -0.39 is 22.6 Å². The summed E-state index contributed by atoms with van der Waals surface area (Å²) < 4.78 is 4.81. The lowest BCUT2D eigenvalue weighted by Gasteiger charge is -2.38. The summed E-state index contributed by atoms with van der Waals surface area (Å²) in [5.74, 6) is -1.10. The number of benzene rings is 2. The molecule has 3 amide bonds. The number of ether oxygens (including phenoxy) is 1. The van der Waals surface area contributed by atoms with Crippen molar-refractivity contribution in [3.63, 3.8) is 0 Å². The predicted octanol–water partition coefficient (Wildman–Crippen LogP) is 6.10. The zero-order valence-electron chi connectivity index (χ0n) is 26.0. The smallest absolute Gasteiger partial charge is 0.251 e. The molecule has 3 saturated heterocycles. The van der Waals surface area contributed by atoms with E-state index in [1.165, 1.54) is 0 Å². The van der Waals surface area contributed by atoms with Crippen molar-refractivity contribution in [2.75, 3.05) is 42.6 Å². The molecule has 246 valence electrons. The first-order valence-corrected chi connectivity index (χ1v) is 18.0. The molecule has 46 heavy (non-hydrogen) atoms. The first-order chi connectivity index (χ1) is 22.2. The zero-order valence-corrected chi connectivity index (χ0v) is 29.2. The number of nitrogens with zero attached hydrogens (tertiary/aromatic N) is 3. The van der Waals surface area contributed by atoms with Crippen molar-refractivity contribution in [1.29, 1.82) is 0 Å². The summed E-state index contributed by atoms with van der Waals surface area (Å²) in [5.41, 5.74) is 1.36. The molecule has 2 aromatic carbocycles. The van der Waals surface area contributed by atoms with Crippen LogP contribution in [0.25, 0.3) is 0 Å². The van der Waals surface area contributed by atoms with Gasteiger partial charge in [0.1, 0.15) is 11.8 Å². The summed E-state index contributed by atoms with van der Waals surface area (Å²) in [5, 5.41) is 9.74. The van der Waals surface area contributed by atoms with Gasteiger partial charge in [0.2, 0.25) is 11.8 Å². The van der Waals surface area contributed by atoms with Gasteiger partial charge in [-0.3, -0.25) is 14.4 Å². The highest BCUT2D eigenvalue weighted by atomic mass is 79.9. The number of alkyl halides is 1. The highest BCUT2D eigenvalue weighted by Crippen LogP contribution is 2.68. The number of aliphatic hydroxyl groups is 1. The molecule has 0 aliphatic carbocycles. The Balaban J connectivity index is 1.54. The van der Waals surface area contributed by atoms with E-state index >= 15 is 0 Å². The van der Waals surface area contributed by atoms with Crippen molar-refractivity contribution in [3.8, 4) is 5.75 Å². The molecule has 0 saturated carbocycles. The summed E-state index contributed by atoms with van der Waals surface area (Å²) in [4.78, 5) is 49.0. The van der Waals surface area contributed by atoms with E-state index in [2.05, 4.69) is 29.1 Å². The first-order valence-electron chi connectivity index (χ1n) is 15.8. The maximum Gasteiger partial charge on any atom is 0.251 e. The highest BCUT2D eigenvalue weighted by Gasteiger charge is 2.76. The molecule has 3 aliphatic rings. The first kappa shape index (κ1) is 34.5. The minimum atomic E-state index is -0.797. The van der Waals surface area contributed by atoms with Crippen molar-refractivity contribution >= 4 is 68.4 Å². The highest BCUT2D eigenvalue weighted by molar-refractivity contribution is 9.09. The summed E-state index contributed by atoms with van der Waals surface area (Å²) >= 11 is 11.7. The van der Waals surface area contributed by atoms with E-state index in [9.17, 15) is 19.5 Å². The fourth-order valence-corrected chi connectivity index (χ4v) is 11.0. The Morgan fingerprint density at radius 1 is 1.04 bits per heavy atom. The summed E-state index contributed by atoms with van der Waals surface area (Å²) in [6.07, 6.45) is 5.91. The van der Waals surface area contributed by atoms with Gasteiger partial charge in [0.05, 0.1) is 23.2 Å². The standard InChI is InChI=1S/C35H41BrClN3O5S/c1-4-18-38(25-14-16-26(17-15-25)45-6-3)32(42)28-29-33(43)40(20-8-7-9-21-41)31(35(29)22-27(36)30(28)46-35)34(44)39(19-5-2)24-12-10-23(37)11-13-24/h4-5,10-17,27-31,41H,1-2,6-9,18-22H2,3H3/t27?,28-,29+,30-,31?,35?/m1/s1. The maximum atomic E-state index is 14.8. The second kappa shape index (κ2) is 15.0. The number of likely N-dealkylation sites (tertiary alicyclic amines) is 1. The van der Waals surface area contributed by atoms with Crippen LogP contribution < -0.4 is 14.5 Å². The Labute approximate surface area is 288 Å². The number of unbranched alkanes of at least 4 members (excludes halogenated alkanes) is 2. The zero-order chi connectivity index (χ0) is 33.0. The number of fused-ring (bicyclic) bond motifs is 1. The Kier molecular flexibility index (Phi) is 11.2. The Morgan fingerprint density at radius 3 is 2.24 bits per heavy atom. The summed E-state index contributed by atoms with van der Waals surface area (Å²) in [6, 6.07) is 13.7. The lowest BCUT2D eigenvalue weighted by molar-refractivity contribution is -0.139. The van der Waals surface area contributed by atoms with Crippen LogP contribution in [0.2, 0.25) is 5.02 Å². The molecule has 3 fully saturated rings. The molecule has 5 rings (SSSR count). The fourth-order valence-electron chi connectivity index (χ4n) is 7.24. The number of hydrogen-bond donors (Lipinski definition) is 1. The predicted molar refractivity (Wildman–Crippen MR) is 189 cm³/mol. The molecule has 1 N–H and O–H groups in total. The van der Waals surface area contributed by atoms with Gasteiger partial charge in [0.15, 0.2) is 0 Å². The number of rotatable bonds is 15. The van der Waals surface area contributed by atoms with E-state index in [0.29, 0.717) is 54.6 Å². The summed E-state index contributed by atoms with van der Waals surface area (Å²) in [6.45, 7) is 11.2. The van der Waals surface area contributed by atoms with E-state index in [1.807, 2.05) is 31.2 Å². The van der Waals surface area contributed by atoms with Gasteiger partial charge >= 0.3 is 0 Å². The van der Waals surface area contributed by atoms with Crippen molar-refractivity contribution in [2.24, 2.45) is 11.8 Å². The molecule has 0 radical (unpaired) electrons. The normalized spacial score (nSPS) is 26.1. The molecule has 11 heteroatoms. The monoisotopic (exact) mass is 729 g/mol. The Hall–Kier alpha value is -2.79. The van der Waals surface area contributed by atoms with Crippen LogP contribution >= 0.6 is 39.3 Å². The topological polar surface area (TPSA) is 90.4 Å².